The highest BCUT2D eigenvalue weighted by Gasteiger charge is 2.27. The van der Waals surface area contributed by atoms with E-state index in [-0.39, 0.29) is 12.0 Å². The summed E-state index contributed by atoms with van der Waals surface area (Å²) in [4.78, 5) is 2.18. The highest BCUT2D eigenvalue weighted by molar-refractivity contribution is 5.25. The van der Waals surface area contributed by atoms with Crippen LogP contribution in [0.1, 0.15) is 19.4 Å². The average Bonchev–Trinajstić information content (AvgIpc) is 2.38. The SMILES string of the molecule is CCNCC(C)(CN(C)CCO)c1ccccc1. The number of likely N-dealkylation sites (N-methyl/N-ethyl adjacent to an activating group) is 2. The highest BCUT2D eigenvalue weighted by Crippen LogP contribution is 2.23. The summed E-state index contributed by atoms with van der Waals surface area (Å²) >= 11 is 0. The quantitative estimate of drug-likeness (QED) is 0.733. The second kappa shape index (κ2) is 7.52. The minimum atomic E-state index is 0.0706. The summed E-state index contributed by atoms with van der Waals surface area (Å²) in [7, 11) is 2.06. The number of aliphatic hydroxyl groups is 1. The van der Waals surface area contributed by atoms with E-state index in [1.807, 2.05) is 0 Å². The molecule has 3 nitrogen and oxygen atoms in total. The Labute approximate surface area is 111 Å². The topological polar surface area (TPSA) is 35.5 Å². The Hall–Kier alpha value is -0.900. The fraction of sp³-hybridized carbons (Fsp3) is 0.600. The van der Waals surface area contributed by atoms with E-state index in [1.54, 1.807) is 0 Å². The van der Waals surface area contributed by atoms with Crippen molar-refractivity contribution < 1.29 is 5.11 Å². The van der Waals surface area contributed by atoms with Crippen LogP contribution in [0, 0.1) is 0 Å². The number of aliphatic hydroxyl groups excluding tert-OH is 1. The smallest absolute Gasteiger partial charge is 0.0558 e. The third kappa shape index (κ3) is 4.41. The lowest BCUT2D eigenvalue weighted by atomic mass is 9.81. The number of benzene rings is 1. The van der Waals surface area contributed by atoms with Crippen LogP contribution >= 0.6 is 0 Å². The fourth-order valence-corrected chi connectivity index (χ4v) is 2.34. The molecule has 1 atom stereocenters. The van der Waals surface area contributed by atoms with Crippen molar-refractivity contribution in [1.82, 2.24) is 10.2 Å². The molecule has 0 spiro atoms. The molecule has 0 aliphatic heterocycles. The Kier molecular flexibility index (Phi) is 6.33. The van der Waals surface area contributed by atoms with Gasteiger partial charge in [-0.3, -0.25) is 0 Å². The van der Waals surface area contributed by atoms with Crippen molar-refractivity contribution >= 4 is 0 Å². The Morgan fingerprint density at radius 1 is 1.28 bits per heavy atom. The highest BCUT2D eigenvalue weighted by atomic mass is 16.3. The molecular formula is C15H26N2O. The maximum Gasteiger partial charge on any atom is 0.0558 e. The number of nitrogens with one attached hydrogen (secondary N) is 1. The molecule has 0 saturated heterocycles. The van der Waals surface area contributed by atoms with Gasteiger partial charge in [0.15, 0.2) is 0 Å². The summed E-state index contributed by atoms with van der Waals surface area (Å²) in [5.41, 5.74) is 1.41. The molecule has 0 aliphatic carbocycles. The van der Waals surface area contributed by atoms with Gasteiger partial charge in [0.2, 0.25) is 0 Å². The van der Waals surface area contributed by atoms with Gasteiger partial charge in [-0.05, 0) is 19.2 Å². The largest absolute Gasteiger partial charge is 0.395 e. The van der Waals surface area contributed by atoms with Crippen LogP contribution in [0.25, 0.3) is 0 Å². The minimum absolute atomic E-state index is 0.0706. The van der Waals surface area contributed by atoms with Gasteiger partial charge in [0.1, 0.15) is 0 Å². The van der Waals surface area contributed by atoms with E-state index in [9.17, 15) is 0 Å². The molecule has 18 heavy (non-hydrogen) atoms. The van der Waals surface area contributed by atoms with Gasteiger partial charge in [0.05, 0.1) is 6.61 Å². The minimum Gasteiger partial charge on any atom is -0.395 e. The van der Waals surface area contributed by atoms with Crippen molar-refractivity contribution in [2.45, 2.75) is 19.3 Å². The van der Waals surface area contributed by atoms with E-state index in [2.05, 4.69) is 61.4 Å². The lowest BCUT2D eigenvalue weighted by molar-refractivity contribution is 0.191. The number of rotatable bonds is 8. The Morgan fingerprint density at radius 3 is 2.50 bits per heavy atom. The Bertz CT molecular complexity index is 329. The molecule has 0 aromatic heterocycles. The molecular weight excluding hydrogens is 224 g/mol. The van der Waals surface area contributed by atoms with Crippen LogP contribution < -0.4 is 5.32 Å². The van der Waals surface area contributed by atoms with Crippen LogP contribution in [0.4, 0.5) is 0 Å². The van der Waals surface area contributed by atoms with E-state index in [4.69, 9.17) is 5.11 Å². The van der Waals surface area contributed by atoms with Crippen molar-refractivity contribution in [2.24, 2.45) is 0 Å². The van der Waals surface area contributed by atoms with Crippen LogP contribution in [0.3, 0.4) is 0 Å². The molecule has 0 fully saturated rings. The molecule has 0 saturated carbocycles. The van der Waals surface area contributed by atoms with Gasteiger partial charge in [-0.2, -0.15) is 0 Å². The molecule has 0 radical (unpaired) electrons. The van der Waals surface area contributed by atoms with E-state index in [0.29, 0.717) is 6.54 Å². The monoisotopic (exact) mass is 250 g/mol. The second-order valence-corrected chi connectivity index (χ2v) is 5.17. The number of hydrogen-bond acceptors (Lipinski definition) is 3. The fourth-order valence-electron chi connectivity index (χ4n) is 2.34. The first-order valence-electron chi connectivity index (χ1n) is 6.68. The van der Waals surface area contributed by atoms with E-state index >= 15 is 0 Å². The molecule has 1 aromatic carbocycles. The molecule has 3 heteroatoms. The maximum absolute atomic E-state index is 9.02. The molecule has 2 N–H and O–H groups in total. The summed E-state index contributed by atoms with van der Waals surface area (Å²) in [6.45, 7) is 8.19. The van der Waals surface area contributed by atoms with Crippen LogP contribution in [0.5, 0.6) is 0 Å². The molecule has 0 bridgehead atoms. The molecule has 1 aromatic rings. The van der Waals surface area contributed by atoms with Gasteiger partial charge in [0.25, 0.3) is 0 Å². The lowest BCUT2D eigenvalue weighted by Gasteiger charge is -2.34. The first kappa shape index (κ1) is 15.2. The predicted molar refractivity (Wildman–Crippen MR) is 76.9 cm³/mol. The Balaban J connectivity index is 2.81. The van der Waals surface area contributed by atoms with Gasteiger partial charge < -0.3 is 15.3 Å². The van der Waals surface area contributed by atoms with Crippen molar-refractivity contribution in [3.8, 4) is 0 Å². The van der Waals surface area contributed by atoms with Crippen LogP contribution in [0.2, 0.25) is 0 Å². The van der Waals surface area contributed by atoms with E-state index < -0.39 is 0 Å². The van der Waals surface area contributed by atoms with Gasteiger partial charge >= 0.3 is 0 Å². The van der Waals surface area contributed by atoms with Crippen molar-refractivity contribution in [3.05, 3.63) is 35.9 Å². The molecule has 102 valence electrons. The third-order valence-electron chi connectivity index (χ3n) is 3.34. The molecule has 0 heterocycles. The standard InChI is InChI=1S/C15H26N2O/c1-4-16-12-15(2,13-17(3)10-11-18)14-8-6-5-7-9-14/h5-9,16,18H,4,10-13H2,1-3H3. The molecule has 0 amide bonds. The van der Waals surface area contributed by atoms with E-state index in [0.717, 1.165) is 19.6 Å². The summed E-state index contributed by atoms with van der Waals surface area (Å²) < 4.78 is 0. The van der Waals surface area contributed by atoms with E-state index in [1.165, 1.54) is 5.56 Å². The summed E-state index contributed by atoms with van der Waals surface area (Å²) in [5, 5.41) is 12.5. The normalized spacial score (nSPS) is 14.7. The van der Waals surface area contributed by atoms with Gasteiger partial charge in [-0.25, -0.2) is 0 Å². The molecule has 1 rings (SSSR count). The maximum atomic E-state index is 9.02. The molecule has 1 unspecified atom stereocenters. The summed E-state index contributed by atoms with van der Waals surface area (Å²) in [6.07, 6.45) is 0. The predicted octanol–water partition coefficient (Wildman–Crippen LogP) is 1.48. The van der Waals surface area contributed by atoms with Crippen molar-refractivity contribution in [1.29, 1.82) is 0 Å². The second-order valence-electron chi connectivity index (χ2n) is 5.17. The van der Waals surface area contributed by atoms with Crippen LogP contribution in [-0.4, -0.2) is 49.8 Å². The molecule has 0 aliphatic rings. The van der Waals surface area contributed by atoms with Crippen LogP contribution in [0.15, 0.2) is 30.3 Å². The lowest BCUT2D eigenvalue weighted by Crippen LogP contribution is -2.45. The van der Waals surface area contributed by atoms with Gasteiger partial charge in [-0.1, -0.05) is 44.2 Å². The Morgan fingerprint density at radius 2 is 1.94 bits per heavy atom. The van der Waals surface area contributed by atoms with Crippen LogP contribution in [-0.2, 0) is 5.41 Å². The summed E-state index contributed by atoms with van der Waals surface area (Å²) in [5.74, 6) is 0. The van der Waals surface area contributed by atoms with Gasteiger partial charge in [-0.15, -0.1) is 0 Å². The summed E-state index contributed by atoms with van der Waals surface area (Å²) in [6, 6.07) is 10.6. The number of nitrogens with zero attached hydrogens (tertiary/aromatic N) is 1. The van der Waals surface area contributed by atoms with Crippen molar-refractivity contribution in [2.75, 3.05) is 39.8 Å². The number of hydrogen-bond donors (Lipinski definition) is 2. The zero-order valence-corrected chi connectivity index (χ0v) is 11.8. The first-order valence-corrected chi connectivity index (χ1v) is 6.68. The zero-order valence-electron chi connectivity index (χ0n) is 11.8. The van der Waals surface area contributed by atoms with Gasteiger partial charge in [0, 0.05) is 25.0 Å². The average molecular weight is 250 g/mol. The van der Waals surface area contributed by atoms with Crippen molar-refractivity contribution in [3.63, 3.8) is 0 Å². The first-order chi connectivity index (χ1) is 8.62. The third-order valence-corrected chi connectivity index (χ3v) is 3.34. The zero-order chi connectivity index (χ0) is 13.4.